The maximum absolute atomic E-state index is 9.68. The van der Waals surface area contributed by atoms with Crippen LogP contribution in [0.1, 0.15) is 31.2 Å². The van der Waals surface area contributed by atoms with E-state index in [0.29, 0.717) is 11.9 Å². The second-order valence-corrected chi connectivity index (χ2v) is 4.96. The number of hydrogen-bond donors (Lipinski definition) is 2. The summed E-state index contributed by atoms with van der Waals surface area (Å²) in [5, 5.41) is 13.1. The van der Waals surface area contributed by atoms with E-state index in [1.165, 1.54) is 19.3 Å². The molecule has 2 rings (SSSR count). The smallest absolute Gasteiger partial charge is 0.160 e. The molecule has 1 aromatic rings. The van der Waals surface area contributed by atoms with Crippen LogP contribution in [0.4, 0.5) is 0 Å². The third-order valence-corrected chi connectivity index (χ3v) is 3.49. The molecule has 0 radical (unpaired) electrons. The van der Waals surface area contributed by atoms with Crippen molar-refractivity contribution < 1.29 is 14.6 Å². The van der Waals surface area contributed by atoms with Gasteiger partial charge in [-0.1, -0.05) is 6.07 Å². The molecule has 1 saturated heterocycles. The largest absolute Gasteiger partial charge is 0.504 e. The average molecular weight is 265 g/mol. The minimum absolute atomic E-state index is 0.192. The standard InChI is InChI=1S/C15H23NO3/c1-18-15-6-5-12(10-14(15)17)11-16-8-7-13-4-2-3-9-19-13/h5-6,10,13,16-17H,2-4,7-9,11H2,1H3. The van der Waals surface area contributed by atoms with Crippen LogP contribution in [0.2, 0.25) is 0 Å². The van der Waals surface area contributed by atoms with Gasteiger partial charge in [0.05, 0.1) is 13.2 Å². The lowest BCUT2D eigenvalue weighted by atomic mass is 10.1. The Hall–Kier alpha value is -1.26. The Labute approximate surface area is 114 Å². The van der Waals surface area contributed by atoms with Crippen LogP contribution in [0.15, 0.2) is 18.2 Å². The monoisotopic (exact) mass is 265 g/mol. The zero-order valence-corrected chi connectivity index (χ0v) is 11.5. The first kappa shape index (κ1) is 14.2. The van der Waals surface area contributed by atoms with Crippen LogP contribution >= 0.6 is 0 Å². The van der Waals surface area contributed by atoms with Crippen LogP contribution in [0.3, 0.4) is 0 Å². The molecule has 1 atom stereocenters. The number of aromatic hydroxyl groups is 1. The van der Waals surface area contributed by atoms with E-state index in [-0.39, 0.29) is 5.75 Å². The maximum Gasteiger partial charge on any atom is 0.160 e. The number of methoxy groups -OCH3 is 1. The zero-order chi connectivity index (χ0) is 13.5. The van der Waals surface area contributed by atoms with Crippen molar-refractivity contribution in [3.8, 4) is 11.5 Å². The highest BCUT2D eigenvalue weighted by atomic mass is 16.5. The highest BCUT2D eigenvalue weighted by Gasteiger charge is 2.12. The van der Waals surface area contributed by atoms with E-state index in [2.05, 4.69) is 5.32 Å². The first-order valence-electron chi connectivity index (χ1n) is 6.98. The van der Waals surface area contributed by atoms with Crippen LogP contribution in [0.5, 0.6) is 11.5 Å². The Morgan fingerprint density at radius 3 is 3.00 bits per heavy atom. The lowest BCUT2D eigenvalue weighted by molar-refractivity contribution is 0.0115. The second-order valence-electron chi connectivity index (χ2n) is 4.96. The Morgan fingerprint density at radius 1 is 1.42 bits per heavy atom. The maximum atomic E-state index is 9.68. The van der Waals surface area contributed by atoms with Gasteiger partial charge in [0.2, 0.25) is 0 Å². The summed E-state index contributed by atoms with van der Waals surface area (Å²) >= 11 is 0. The third-order valence-electron chi connectivity index (χ3n) is 3.49. The molecule has 19 heavy (non-hydrogen) atoms. The highest BCUT2D eigenvalue weighted by molar-refractivity contribution is 5.41. The molecule has 106 valence electrons. The number of rotatable bonds is 6. The molecule has 1 aromatic carbocycles. The molecule has 0 saturated carbocycles. The molecule has 0 amide bonds. The number of benzene rings is 1. The second kappa shape index (κ2) is 7.36. The van der Waals surface area contributed by atoms with Crippen molar-refractivity contribution in [2.45, 2.75) is 38.3 Å². The molecule has 1 aliphatic rings. The molecule has 1 unspecified atom stereocenters. The van der Waals surface area contributed by atoms with Crippen LogP contribution in [0.25, 0.3) is 0 Å². The summed E-state index contributed by atoms with van der Waals surface area (Å²) in [6.07, 6.45) is 5.16. The predicted octanol–water partition coefficient (Wildman–Crippen LogP) is 2.45. The summed E-state index contributed by atoms with van der Waals surface area (Å²) in [6, 6.07) is 5.49. The predicted molar refractivity (Wildman–Crippen MR) is 74.6 cm³/mol. The molecular formula is C15H23NO3. The van der Waals surface area contributed by atoms with Gasteiger partial charge < -0.3 is 19.9 Å². The Morgan fingerprint density at radius 2 is 2.32 bits per heavy atom. The molecule has 0 aliphatic carbocycles. The Balaban J connectivity index is 1.69. The normalized spacial score (nSPS) is 19.3. The van der Waals surface area contributed by atoms with Crippen LogP contribution in [0, 0.1) is 0 Å². The van der Waals surface area contributed by atoms with E-state index in [9.17, 15) is 5.11 Å². The fraction of sp³-hybridized carbons (Fsp3) is 0.600. The van der Waals surface area contributed by atoms with Gasteiger partial charge in [-0.2, -0.15) is 0 Å². The minimum atomic E-state index is 0.192. The Kier molecular flexibility index (Phi) is 5.48. The van der Waals surface area contributed by atoms with Crippen molar-refractivity contribution in [1.29, 1.82) is 0 Å². The number of phenolic OH excluding ortho intramolecular Hbond substituents is 1. The summed E-state index contributed by atoms with van der Waals surface area (Å²) in [7, 11) is 1.55. The van der Waals surface area contributed by atoms with Crippen molar-refractivity contribution in [2.75, 3.05) is 20.3 Å². The SMILES string of the molecule is COc1ccc(CNCCC2CCCCO2)cc1O. The number of hydrogen-bond acceptors (Lipinski definition) is 4. The topological polar surface area (TPSA) is 50.7 Å². The Bertz CT molecular complexity index is 389. The van der Waals surface area contributed by atoms with Crippen LogP contribution in [-0.2, 0) is 11.3 Å². The molecule has 1 heterocycles. The lowest BCUT2D eigenvalue weighted by Crippen LogP contribution is -2.25. The fourth-order valence-electron chi connectivity index (χ4n) is 2.38. The van der Waals surface area contributed by atoms with E-state index in [1.54, 1.807) is 19.2 Å². The molecule has 0 spiro atoms. The lowest BCUT2D eigenvalue weighted by Gasteiger charge is -2.22. The van der Waals surface area contributed by atoms with E-state index in [1.807, 2.05) is 6.07 Å². The average Bonchev–Trinajstić information content (AvgIpc) is 2.45. The van der Waals surface area contributed by atoms with Gasteiger partial charge in [0.1, 0.15) is 0 Å². The van der Waals surface area contributed by atoms with Gasteiger partial charge in [0.15, 0.2) is 11.5 Å². The first-order chi connectivity index (χ1) is 9.29. The van der Waals surface area contributed by atoms with Gasteiger partial charge in [-0.3, -0.25) is 0 Å². The van der Waals surface area contributed by atoms with Gasteiger partial charge in [-0.25, -0.2) is 0 Å². The highest BCUT2D eigenvalue weighted by Crippen LogP contribution is 2.26. The minimum Gasteiger partial charge on any atom is -0.504 e. The van der Waals surface area contributed by atoms with Gasteiger partial charge in [0, 0.05) is 13.2 Å². The van der Waals surface area contributed by atoms with E-state index < -0.39 is 0 Å². The summed E-state index contributed by atoms with van der Waals surface area (Å²) < 4.78 is 10.7. The molecule has 4 heteroatoms. The number of ether oxygens (including phenoxy) is 2. The van der Waals surface area contributed by atoms with E-state index in [4.69, 9.17) is 9.47 Å². The van der Waals surface area contributed by atoms with Gasteiger partial charge >= 0.3 is 0 Å². The summed E-state index contributed by atoms with van der Waals surface area (Å²) in [6.45, 7) is 2.61. The molecule has 0 aromatic heterocycles. The van der Waals surface area contributed by atoms with Gasteiger partial charge in [0.25, 0.3) is 0 Å². The zero-order valence-electron chi connectivity index (χ0n) is 11.5. The van der Waals surface area contributed by atoms with E-state index in [0.717, 1.165) is 31.7 Å². The first-order valence-corrected chi connectivity index (χ1v) is 6.98. The molecular weight excluding hydrogens is 242 g/mol. The molecule has 4 nitrogen and oxygen atoms in total. The summed E-state index contributed by atoms with van der Waals surface area (Å²) in [5.41, 5.74) is 1.06. The van der Waals surface area contributed by atoms with Crippen molar-refractivity contribution in [1.82, 2.24) is 5.32 Å². The van der Waals surface area contributed by atoms with Crippen molar-refractivity contribution in [2.24, 2.45) is 0 Å². The third kappa shape index (κ3) is 4.40. The molecule has 2 N–H and O–H groups in total. The van der Waals surface area contributed by atoms with Crippen LogP contribution < -0.4 is 10.1 Å². The van der Waals surface area contributed by atoms with Gasteiger partial charge in [-0.15, -0.1) is 0 Å². The number of phenols is 1. The quantitative estimate of drug-likeness (QED) is 0.776. The van der Waals surface area contributed by atoms with Gasteiger partial charge in [-0.05, 0) is 49.9 Å². The van der Waals surface area contributed by atoms with E-state index >= 15 is 0 Å². The molecule has 1 fully saturated rings. The van der Waals surface area contributed by atoms with Crippen molar-refractivity contribution in [3.63, 3.8) is 0 Å². The summed E-state index contributed by atoms with van der Waals surface area (Å²) in [4.78, 5) is 0. The van der Waals surface area contributed by atoms with Crippen molar-refractivity contribution >= 4 is 0 Å². The van der Waals surface area contributed by atoms with Crippen molar-refractivity contribution in [3.05, 3.63) is 23.8 Å². The van der Waals surface area contributed by atoms with Crippen LogP contribution in [-0.4, -0.2) is 31.5 Å². The number of nitrogens with one attached hydrogen (secondary N) is 1. The summed E-state index contributed by atoms with van der Waals surface area (Å²) in [5.74, 6) is 0.705. The molecule has 1 aliphatic heterocycles. The molecule has 0 bridgehead atoms. The fourth-order valence-corrected chi connectivity index (χ4v) is 2.38.